The first-order chi connectivity index (χ1) is 17.3. The fourth-order valence-corrected chi connectivity index (χ4v) is 9.49. The standard InChI is InChI=1S/C28H36O9/c1-12-7-17(34-24(12)32)23-13(2)14-5-6-15-22-16(29)8-18-25(3,4)35-20-9-21(31)36-27(18,20)11-26(22,33)10-19(30)28(14,15)37-23/h6-7,13-14,16-20,22-23,29-30,33H,5,8-11H2,1-4H3/t13-,14+,16+,17-,18-,19-,20+,22+,23-,26-,27+,28-/m0/s1. The van der Waals surface area contributed by atoms with Crippen molar-refractivity contribution in [2.75, 3.05) is 0 Å². The van der Waals surface area contributed by atoms with Gasteiger partial charge >= 0.3 is 11.9 Å². The Hall–Kier alpha value is -1.78. The highest BCUT2D eigenvalue weighted by Crippen LogP contribution is 2.66. The Bertz CT molecular complexity index is 1140. The van der Waals surface area contributed by atoms with Gasteiger partial charge < -0.3 is 34.3 Å². The van der Waals surface area contributed by atoms with Crippen LogP contribution in [0.3, 0.4) is 0 Å². The highest BCUT2D eigenvalue weighted by Gasteiger charge is 2.75. The molecule has 202 valence electrons. The third-order valence-electron chi connectivity index (χ3n) is 10.9. The third-order valence-corrected chi connectivity index (χ3v) is 10.9. The van der Waals surface area contributed by atoms with Crippen molar-refractivity contribution in [3.05, 3.63) is 23.3 Å². The van der Waals surface area contributed by atoms with Crippen molar-refractivity contribution in [2.45, 2.75) is 113 Å². The van der Waals surface area contributed by atoms with E-state index in [4.69, 9.17) is 18.9 Å². The van der Waals surface area contributed by atoms with Crippen LogP contribution in [0.2, 0.25) is 0 Å². The molecule has 3 aliphatic carbocycles. The molecule has 4 aliphatic heterocycles. The minimum atomic E-state index is -1.52. The molecule has 0 aromatic carbocycles. The molecule has 0 amide bonds. The molecule has 7 rings (SSSR count). The summed E-state index contributed by atoms with van der Waals surface area (Å²) in [6, 6.07) is 0. The Balaban J connectivity index is 1.28. The van der Waals surface area contributed by atoms with Crippen molar-refractivity contribution in [2.24, 2.45) is 23.7 Å². The van der Waals surface area contributed by atoms with Gasteiger partial charge in [-0.3, -0.25) is 4.79 Å². The van der Waals surface area contributed by atoms with Crippen LogP contribution in [0.1, 0.15) is 59.8 Å². The maximum Gasteiger partial charge on any atom is 0.334 e. The summed E-state index contributed by atoms with van der Waals surface area (Å²) in [7, 11) is 0. The van der Waals surface area contributed by atoms with E-state index in [9.17, 15) is 24.9 Å². The number of fused-ring (bicyclic) bond motifs is 2. The maximum absolute atomic E-state index is 12.4. The number of esters is 2. The van der Waals surface area contributed by atoms with Gasteiger partial charge in [0.15, 0.2) is 0 Å². The van der Waals surface area contributed by atoms with E-state index in [1.165, 1.54) is 0 Å². The van der Waals surface area contributed by atoms with Crippen molar-refractivity contribution >= 4 is 11.9 Å². The van der Waals surface area contributed by atoms with Crippen molar-refractivity contribution in [3.63, 3.8) is 0 Å². The molecule has 0 aromatic rings. The largest absolute Gasteiger partial charge is 0.456 e. The molecule has 37 heavy (non-hydrogen) atoms. The Kier molecular flexibility index (Phi) is 4.75. The van der Waals surface area contributed by atoms with Crippen molar-refractivity contribution in [1.82, 2.24) is 0 Å². The average molecular weight is 517 g/mol. The van der Waals surface area contributed by atoms with Gasteiger partial charge in [-0.25, -0.2) is 4.79 Å². The number of carbonyl (C=O) groups excluding carboxylic acids is 2. The summed E-state index contributed by atoms with van der Waals surface area (Å²) in [4.78, 5) is 24.5. The molecule has 0 unspecified atom stereocenters. The summed E-state index contributed by atoms with van der Waals surface area (Å²) in [5.41, 5.74) is -3.04. The smallest absolute Gasteiger partial charge is 0.334 e. The molecule has 0 aromatic heterocycles. The average Bonchev–Trinajstić information content (AvgIpc) is 3.51. The van der Waals surface area contributed by atoms with Gasteiger partial charge in [-0.05, 0) is 51.2 Å². The first kappa shape index (κ1) is 24.3. The van der Waals surface area contributed by atoms with Crippen LogP contribution in [0.15, 0.2) is 23.3 Å². The highest BCUT2D eigenvalue weighted by atomic mass is 16.6. The van der Waals surface area contributed by atoms with Gasteiger partial charge in [-0.1, -0.05) is 13.0 Å². The first-order valence-electron chi connectivity index (χ1n) is 13.6. The number of cyclic esters (lactones) is 1. The summed E-state index contributed by atoms with van der Waals surface area (Å²) in [5, 5.41) is 35.8. The lowest BCUT2D eigenvalue weighted by Crippen LogP contribution is -2.64. The Morgan fingerprint density at radius 2 is 1.89 bits per heavy atom. The summed E-state index contributed by atoms with van der Waals surface area (Å²) in [5.74, 6) is -1.83. The fraction of sp³-hybridized carbons (Fsp3) is 0.786. The Morgan fingerprint density at radius 1 is 1.14 bits per heavy atom. The highest BCUT2D eigenvalue weighted by molar-refractivity contribution is 5.90. The maximum atomic E-state index is 12.4. The van der Waals surface area contributed by atoms with Gasteiger partial charge in [0.25, 0.3) is 0 Å². The van der Waals surface area contributed by atoms with Gasteiger partial charge in [-0.15, -0.1) is 0 Å². The second-order valence-electron chi connectivity index (χ2n) is 13.1. The predicted molar refractivity (Wildman–Crippen MR) is 127 cm³/mol. The number of ether oxygens (including phenoxy) is 4. The van der Waals surface area contributed by atoms with Crippen LogP contribution >= 0.6 is 0 Å². The van der Waals surface area contributed by atoms with Gasteiger partial charge in [0.2, 0.25) is 0 Å². The van der Waals surface area contributed by atoms with Gasteiger partial charge in [0.05, 0.1) is 29.8 Å². The first-order valence-corrected chi connectivity index (χ1v) is 13.6. The van der Waals surface area contributed by atoms with Crippen LogP contribution in [0.25, 0.3) is 0 Å². The number of rotatable bonds is 1. The van der Waals surface area contributed by atoms with Crippen molar-refractivity contribution in [3.8, 4) is 0 Å². The molecular weight excluding hydrogens is 480 g/mol. The van der Waals surface area contributed by atoms with Gasteiger partial charge in [-0.2, -0.15) is 0 Å². The minimum Gasteiger partial charge on any atom is -0.456 e. The number of hydrogen-bond donors (Lipinski definition) is 3. The summed E-state index contributed by atoms with van der Waals surface area (Å²) in [6.45, 7) is 7.67. The van der Waals surface area contributed by atoms with E-state index in [1.807, 2.05) is 19.9 Å². The lowest BCUT2D eigenvalue weighted by molar-refractivity contribution is -0.203. The van der Waals surface area contributed by atoms with E-state index in [2.05, 4.69) is 6.92 Å². The molecule has 0 radical (unpaired) electrons. The van der Waals surface area contributed by atoms with E-state index in [0.717, 1.165) is 5.57 Å². The predicted octanol–water partition coefficient (Wildman–Crippen LogP) is 1.32. The topological polar surface area (TPSA) is 132 Å². The van der Waals surface area contributed by atoms with Crippen LogP contribution in [-0.4, -0.2) is 80.2 Å². The fourth-order valence-electron chi connectivity index (χ4n) is 9.49. The molecular formula is C28H36O9. The summed E-state index contributed by atoms with van der Waals surface area (Å²) < 4.78 is 24.6. The van der Waals surface area contributed by atoms with E-state index >= 15 is 0 Å². The Morgan fingerprint density at radius 3 is 2.59 bits per heavy atom. The quantitative estimate of drug-likeness (QED) is 0.349. The van der Waals surface area contributed by atoms with Crippen LogP contribution in [0.4, 0.5) is 0 Å². The number of aliphatic hydroxyl groups is 3. The zero-order chi connectivity index (χ0) is 26.3. The van der Waals surface area contributed by atoms with Gasteiger partial charge in [0, 0.05) is 36.2 Å². The van der Waals surface area contributed by atoms with Crippen molar-refractivity contribution < 1.29 is 43.9 Å². The van der Waals surface area contributed by atoms with Crippen LogP contribution < -0.4 is 0 Å². The van der Waals surface area contributed by atoms with Crippen LogP contribution in [0, 0.1) is 23.7 Å². The van der Waals surface area contributed by atoms with E-state index in [0.29, 0.717) is 18.4 Å². The normalized spacial score (nSPS) is 55.3. The molecule has 4 heterocycles. The lowest BCUT2D eigenvalue weighted by Gasteiger charge is -2.53. The van der Waals surface area contributed by atoms with E-state index < -0.39 is 58.8 Å². The molecule has 3 N–H and O–H groups in total. The molecule has 2 spiro atoms. The van der Waals surface area contributed by atoms with Crippen LogP contribution in [-0.2, 0) is 28.5 Å². The number of hydrogen-bond acceptors (Lipinski definition) is 9. The molecule has 2 saturated carbocycles. The second kappa shape index (κ2) is 7.24. The molecule has 5 fully saturated rings. The second-order valence-corrected chi connectivity index (χ2v) is 13.1. The third kappa shape index (κ3) is 2.87. The summed E-state index contributed by atoms with van der Waals surface area (Å²) in [6.07, 6.45) is 1.43. The number of allylic oxidation sites excluding steroid dienone is 1. The van der Waals surface area contributed by atoms with Crippen LogP contribution in [0.5, 0.6) is 0 Å². The Labute approximate surface area is 215 Å². The van der Waals surface area contributed by atoms with Crippen molar-refractivity contribution in [1.29, 1.82) is 0 Å². The molecule has 9 heteroatoms. The molecule has 3 saturated heterocycles. The monoisotopic (exact) mass is 516 g/mol. The minimum absolute atomic E-state index is 0.0251. The zero-order valence-electron chi connectivity index (χ0n) is 21.7. The number of aliphatic hydroxyl groups excluding tert-OH is 2. The van der Waals surface area contributed by atoms with E-state index in [-0.39, 0.29) is 49.0 Å². The molecule has 7 aliphatic rings. The number of carbonyl (C=O) groups is 2. The van der Waals surface area contributed by atoms with Gasteiger partial charge in [0.1, 0.15) is 29.5 Å². The van der Waals surface area contributed by atoms with E-state index in [1.54, 1.807) is 13.0 Å². The molecule has 9 nitrogen and oxygen atoms in total. The zero-order valence-corrected chi connectivity index (χ0v) is 21.7. The molecule has 12 atom stereocenters. The summed E-state index contributed by atoms with van der Waals surface area (Å²) >= 11 is 0. The molecule has 0 bridgehead atoms. The SMILES string of the molecule is CC1=C[C@@H]([C@H]2O[C@]34C(=CC[C@@H]3[C@@H]2C)[C@@H]2[C@H](O)C[C@H]3C(C)(C)O[C@@H]5CC(=O)O[C@@]53C[C@@]2(O)C[C@@H]4O)OC1=O. The lowest BCUT2D eigenvalue weighted by atomic mass is 9.59.